The number of aryl methyl sites for hydroxylation is 3. The third-order valence-corrected chi connectivity index (χ3v) is 5.21. The molecule has 1 aliphatic rings. The third-order valence-electron chi connectivity index (χ3n) is 5.21. The highest BCUT2D eigenvalue weighted by atomic mass is 16.5. The number of aromatic hydroxyl groups is 1. The fourth-order valence-electron chi connectivity index (χ4n) is 3.44. The largest absolute Gasteiger partial charge is 0.508 e. The van der Waals surface area contributed by atoms with Crippen LogP contribution in [-0.2, 0) is 30.6 Å². The molecule has 0 aliphatic carbocycles. The number of carbonyl (C=O) groups is 1. The van der Waals surface area contributed by atoms with Crippen LogP contribution in [0.2, 0.25) is 0 Å². The van der Waals surface area contributed by atoms with Gasteiger partial charge < -0.3 is 14.6 Å². The second kappa shape index (κ2) is 10.5. The van der Waals surface area contributed by atoms with Gasteiger partial charge in [-0.25, -0.2) is 4.79 Å². The molecule has 3 aromatic carbocycles. The van der Waals surface area contributed by atoms with E-state index in [4.69, 9.17) is 4.74 Å². The molecule has 1 aliphatic heterocycles. The van der Waals surface area contributed by atoms with Crippen LogP contribution in [-0.4, -0.2) is 18.2 Å². The molecule has 0 saturated heterocycles. The summed E-state index contributed by atoms with van der Waals surface area (Å²) in [5.41, 5.74) is 5.61. The first kappa shape index (κ1) is 21.4. The summed E-state index contributed by atoms with van der Waals surface area (Å²) in [6, 6.07) is 21.2. The van der Waals surface area contributed by atoms with Gasteiger partial charge in [-0.1, -0.05) is 43.3 Å². The first-order chi connectivity index (χ1) is 14.6. The smallest absolute Gasteiger partial charge is 0.337 e. The summed E-state index contributed by atoms with van der Waals surface area (Å²) in [5, 5.41) is 9.61. The van der Waals surface area contributed by atoms with Crippen LogP contribution in [0.5, 0.6) is 11.5 Å². The van der Waals surface area contributed by atoms with Gasteiger partial charge in [-0.3, -0.25) is 0 Å². The Kier molecular flexibility index (Phi) is 7.50. The summed E-state index contributed by atoms with van der Waals surface area (Å²) < 4.78 is 9.77. The Labute approximate surface area is 178 Å². The molecular formula is C26H28O4. The standard InChI is InChI=1S/C19H22O3.C7H6O/c1-3-15-11-12-18(20)13-17(15)6-4-5-14-7-9-16(10-8-14)19(21)22-2;1-2-4-7-6(3-1)5-8-7/h7-13,20H,3-6H2,1-2H3;1-4H,5H2. The fourth-order valence-corrected chi connectivity index (χ4v) is 3.44. The van der Waals surface area contributed by atoms with Gasteiger partial charge in [0.05, 0.1) is 12.7 Å². The van der Waals surface area contributed by atoms with E-state index >= 15 is 0 Å². The fraction of sp³-hybridized carbons (Fsp3) is 0.269. The molecule has 156 valence electrons. The number of esters is 1. The number of rotatable bonds is 6. The molecule has 0 fully saturated rings. The molecule has 0 amide bonds. The maximum Gasteiger partial charge on any atom is 0.337 e. The zero-order valence-electron chi connectivity index (χ0n) is 17.6. The predicted molar refractivity (Wildman–Crippen MR) is 118 cm³/mol. The van der Waals surface area contributed by atoms with Crippen LogP contribution in [0.3, 0.4) is 0 Å². The molecule has 4 rings (SSSR count). The van der Waals surface area contributed by atoms with Crippen LogP contribution in [0.25, 0.3) is 0 Å². The minimum Gasteiger partial charge on any atom is -0.508 e. The summed E-state index contributed by atoms with van der Waals surface area (Å²) in [4.78, 5) is 11.4. The molecule has 4 heteroatoms. The van der Waals surface area contributed by atoms with Gasteiger partial charge in [-0.2, -0.15) is 0 Å². The number of methoxy groups -OCH3 is 1. The van der Waals surface area contributed by atoms with E-state index in [1.165, 1.54) is 29.4 Å². The molecule has 0 atom stereocenters. The number of hydrogen-bond acceptors (Lipinski definition) is 4. The second-order valence-electron chi connectivity index (χ2n) is 7.25. The lowest BCUT2D eigenvalue weighted by Crippen LogP contribution is -2.07. The molecule has 0 radical (unpaired) electrons. The van der Waals surface area contributed by atoms with E-state index in [1.54, 1.807) is 18.2 Å². The number of carbonyl (C=O) groups excluding carboxylic acids is 1. The van der Waals surface area contributed by atoms with Crippen molar-refractivity contribution in [3.05, 3.63) is 94.5 Å². The molecule has 0 saturated carbocycles. The van der Waals surface area contributed by atoms with Crippen LogP contribution in [0, 0.1) is 0 Å². The molecule has 0 spiro atoms. The lowest BCUT2D eigenvalue weighted by molar-refractivity contribution is 0.0600. The highest BCUT2D eigenvalue weighted by Gasteiger charge is 2.10. The Hall–Kier alpha value is -3.27. The van der Waals surface area contributed by atoms with Crippen LogP contribution < -0.4 is 4.74 Å². The van der Waals surface area contributed by atoms with Crippen LogP contribution >= 0.6 is 0 Å². The third kappa shape index (κ3) is 5.63. The molecule has 0 aromatic heterocycles. The van der Waals surface area contributed by atoms with Gasteiger partial charge in [0.2, 0.25) is 0 Å². The zero-order valence-corrected chi connectivity index (χ0v) is 17.6. The molecule has 0 unspecified atom stereocenters. The zero-order chi connectivity index (χ0) is 21.3. The summed E-state index contributed by atoms with van der Waals surface area (Å²) in [5.74, 6) is 1.07. The second-order valence-corrected chi connectivity index (χ2v) is 7.25. The summed E-state index contributed by atoms with van der Waals surface area (Å²) in [7, 11) is 1.39. The van der Waals surface area contributed by atoms with E-state index in [1.807, 2.05) is 42.5 Å². The van der Waals surface area contributed by atoms with Gasteiger partial charge in [0.1, 0.15) is 18.1 Å². The quantitative estimate of drug-likeness (QED) is 0.552. The first-order valence-corrected chi connectivity index (χ1v) is 10.3. The van der Waals surface area contributed by atoms with Crippen molar-refractivity contribution < 1.29 is 19.4 Å². The molecule has 0 bridgehead atoms. The Balaban J connectivity index is 0.000000263. The number of ether oxygens (including phenoxy) is 2. The van der Waals surface area contributed by atoms with Crippen molar-refractivity contribution in [2.24, 2.45) is 0 Å². The van der Waals surface area contributed by atoms with E-state index in [0.717, 1.165) is 38.0 Å². The molecule has 3 aromatic rings. The monoisotopic (exact) mass is 404 g/mol. The van der Waals surface area contributed by atoms with Gasteiger partial charge in [-0.15, -0.1) is 0 Å². The van der Waals surface area contributed by atoms with Gasteiger partial charge >= 0.3 is 5.97 Å². The number of benzene rings is 3. The van der Waals surface area contributed by atoms with Gasteiger partial charge in [0, 0.05) is 5.56 Å². The Morgan fingerprint density at radius 1 is 1.00 bits per heavy atom. The van der Waals surface area contributed by atoms with Gasteiger partial charge in [0.25, 0.3) is 0 Å². The highest BCUT2D eigenvalue weighted by molar-refractivity contribution is 5.89. The molecule has 1 N–H and O–H groups in total. The van der Waals surface area contributed by atoms with E-state index < -0.39 is 0 Å². The van der Waals surface area contributed by atoms with Gasteiger partial charge in [0.15, 0.2) is 0 Å². The van der Waals surface area contributed by atoms with Crippen LogP contribution in [0.15, 0.2) is 66.7 Å². The Morgan fingerprint density at radius 3 is 2.33 bits per heavy atom. The minimum absolute atomic E-state index is 0.307. The normalized spacial score (nSPS) is 11.3. The maximum absolute atomic E-state index is 11.4. The minimum atomic E-state index is -0.307. The maximum atomic E-state index is 11.4. The SMILES string of the molecule is CCc1ccc(O)cc1CCCc1ccc(C(=O)OC)cc1.c1ccc2c(c1)CO2. The lowest BCUT2D eigenvalue weighted by Gasteiger charge is -2.18. The average Bonchev–Trinajstić information content (AvgIpc) is 2.75. The molecular weight excluding hydrogens is 376 g/mol. The number of hydrogen-bond donors (Lipinski definition) is 1. The number of phenols is 1. The number of fused-ring (bicyclic) bond motifs is 1. The Bertz CT molecular complexity index is 954. The van der Waals surface area contributed by atoms with E-state index in [0.29, 0.717) is 11.3 Å². The van der Waals surface area contributed by atoms with Crippen molar-refractivity contribution in [1.82, 2.24) is 0 Å². The lowest BCUT2D eigenvalue weighted by atomic mass is 9.98. The van der Waals surface area contributed by atoms with Crippen molar-refractivity contribution in [3.8, 4) is 11.5 Å². The van der Waals surface area contributed by atoms with Crippen molar-refractivity contribution in [2.75, 3.05) is 7.11 Å². The first-order valence-electron chi connectivity index (χ1n) is 10.3. The van der Waals surface area contributed by atoms with Crippen LogP contribution in [0.1, 0.15) is 46.0 Å². The summed E-state index contributed by atoms with van der Waals surface area (Å²) in [6.45, 7) is 2.93. The van der Waals surface area contributed by atoms with E-state index in [2.05, 4.69) is 17.7 Å². The van der Waals surface area contributed by atoms with Crippen molar-refractivity contribution in [3.63, 3.8) is 0 Å². The van der Waals surface area contributed by atoms with Crippen molar-refractivity contribution in [1.29, 1.82) is 0 Å². The summed E-state index contributed by atoms with van der Waals surface area (Å²) >= 11 is 0. The molecule has 1 heterocycles. The topological polar surface area (TPSA) is 55.8 Å². The predicted octanol–water partition coefficient (Wildman–Crippen LogP) is 5.50. The van der Waals surface area contributed by atoms with E-state index in [-0.39, 0.29) is 5.97 Å². The molecule has 30 heavy (non-hydrogen) atoms. The highest BCUT2D eigenvalue weighted by Crippen LogP contribution is 2.27. The summed E-state index contributed by atoms with van der Waals surface area (Å²) in [6.07, 6.45) is 3.87. The van der Waals surface area contributed by atoms with Crippen molar-refractivity contribution >= 4 is 5.97 Å². The Morgan fingerprint density at radius 2 is 1.77 bits per heavy atom. The van der Waals surface area contributed by atoms with E-state index in [9.17, 15) is 9.90 Å². The molecule has 4 nitrogen and oxygen atoms in total. The van der Waals surface area contributed by atoms with Crippen molar-refractivity contribution in [2.45, 2.75) is 39.2 Å². The van der Waals surface area contributed by atoms with Gasteiger partial charge in [-0.05, 0) is 72.7 Å². The average molecular weight is 405 g/mol. The number of para-hydroxylation sites is 1. The number of phenolic OH excluding ortho intramolecular Hbond substituents is 1. The van der Waals surface area contributed by atoms with Crippen LogP contribution in [0.4, 0.5) is 0 Å².